The molecule has 0 fully saturated rings. The number of carbonyl (C=O) groups is 3. The molecule has 2 aromatic rings. The van der Waals surface area contributed by atoms with Crippen molar-refractivity contribution < 1.29 is 14.4 Å². The van der Waals surface area contributed by atoms with E-state index in [-0.39, 0.29) is 5.91 Å². The maximum atomic E-state index is 12.0. The van der Waals surface area contributed by atoms with Crippen molar-refractivity contribution in [3.63, 3.8) is 0 Å². The highest BCUT2D eigenvalue weighted by molar-refractivity contribution is 6.43. The van der Waals surface area contributed by atoms with Crippen molar-refractivity contribution in [3.8, 4) is 0 Å². The lowest BCUT2D eigenvalue weighted by Gasteiger charge is -2.10. The maximum Gasteiger partial charge on any atom is 0.314 e. The van der Waals surface area contributed by atoms with Gasteiger partial charge in [-0.2, -0.15) is 0 Å². The standard InChI is InChI=1S/C17H16ClN3O3/c1-10-6-7-12(18)8-15(10)21-17(24)16(23)20-14-5-3-4-13(9-14)19-11(2)22/h3-9H,1-2H3,(H,19,22)(H,20,23)(H,21,24). The number of carbonyl (C=O) groups excluding carboxylic acids is 3. The fourth-order valence-corrected chi connectivity index (χ4v) is 2.15. The Kier molecular flexibility index (Phi) is 5.55. The molecule has 3 amide bonds. The molecule has 0 aromatic heterocycles. The van der Waals surface area contributed by atoms with Gasteiger partial charge in [-0.1, -0.05) is 23.7 Å². The van der Waals surface area contributed by atoms with Crippen LogP contribution in [0.4, 0.5) is 17.1 Å². The maximum absolute atomic E-state index is 12.0. The van der Waals surface area contributed by atoms with Crippen LogP contribution in [0.1, 0.15) is 12.5 Å². The summed E-state index contributed by atoms with van der Waals surface area (Å²) in [5.74, 6) is -1.87. The highest BCUT2D eigenvalue weighted by atomic mass is 35.5. The first kappa shape index (κ1) is 17.5. The fourth-order valence-electron chi connectivity index (χ4n) is 1.97. The molecule has 3 N–H and O–H groups in total. The molecule has 0 unspecified atom stereocenters. The average molecular weight is 346 g/mol. The number of hydrogen-bond acceptors (Lipinski definition) is 3. The van der Waals surface area contributed by atoms with Gasteiger partial charge in [-0.05, 0) is 42.8 Å². The molecule has 7 heteroatoms. The van der Waals surface area contributed by atoms with Gasteiger partial charge in [0.25, 0.3) is 0 Å². The van der Waals surface area contributed by atoms with E-state index in [0.29, 0.717) is 22.1 Å². The number of nitrogens with one attached hydrogen (secondary N) is 3. The van der Waals surface area contributed by atoms with Crippen LogP contribution in [-0.4, -0.2) is 17.7 Å². The van der Waals surface area contributed by atoms with E-state index >= 15 is 0 Å². The highest BCUT2D eigenvalue weighted by Gasteiger charge is 2.15. The molecule has 0 radical (unpaired) electrons. The summed E-state index contributed by atoms with van der Waals surface area (Å²) >= 11 is 5.88. The monoisotopic (exact) mass is 345 g/mol. The number of rotatable bonds is 3. The SMILES string of the molecule is CC(=O)Nc1cccc(NC(=O)C(=O)Nc2cc(Cl)ccc2C)c1. The van der Waals surface area contributed by atoms with E-state index in [2.05, 4.69) is 16.0 Å². The summed E-state index contributed by atoms with van der Waals surface area (Å²) in [6.07, 6.45) is 0. The van der Waals surface area contributed by atoms with Crippen LogP contribution in [-0.2, 0) is 14.4 Å². The second kappa shape index (κ2) is 7.61. The number of aryl methyl sites for hydroxylation is 1. The van der Waals surface area contributed by atoms with Crippen LogP contribution in [0.15, 0.2) is 42.5 Å². The van der Waals surface area contributed by atoms with Crippen molar-refractivity contribution >= 4 is 46.4 Å². The first-order valence-corrected chi connectivity index (χ1v) is 7.49. The quantitative estimate of drug-likeness (QED) is 0.746. The van der Waals surface area contributed by atoms with Crippen LogP contribution in [0.3, 0.4) is 0 Å². The zero-order valence-electron chi connectivity index (χ0n) is 13.1. The molecule has 2 rings (SSSR count). The van der Waals surface area contributed by atoms with Gasteiger partial charge in [0, 0.05) is 29.0 Å². The summed E-state index contributed by atoms with van der Waals surface area (Å²) in [7, 11) is 0. The molecule has 0 aliphatic heterocycles. The van der Waals surface area contributed by atoms with Gasteiger partial charge in [0.15, 0.2) is 0 Å². The molecule has 0 aliphatic carbocycles. The second-order valence-electron chi connectivity index (χ2n) is 5.13. The van der Waals surface area contributed by atoms with E-state index in [0.717, 1.165) is 5.56 Å². The van der Waals surface area contributed by atoms with Gasteiger partial charge in [0.2, 0.25) is 5.91 Å². The minimum Gasteiger partial charge on any atom is -0.326 e. The third-order valence-corrected chi connectivity index (χ3v) is 3.33. The average Bonchev–Trinajstić information content (AvgIpc) is 2.50. The van der Waals surface area contributed by atoms with Crippen LogP contribution in [0, 0.1) is 6.92 Å². The predicted octanol–water partition coefficient (Wildman–Crippen LogP) is 3.18. The summed E-state index contributed by atoms with van der Waals surface area (Å²) in [6.45, 7) is 3.17. The summed E-state index contributed by atoms with van der Waals surface area (Å²) in [6, 6.07) is 11.5. The first-order valence-electron chi connectivity index (χ1n) is 7.11. The largest absolute Gasteiger partial charge is 0.326 e. The van der Waals surface area contributed by atoms with Crippen molar-refractivity contribution in [2.75, 3.05) is 16.0 Å². The third-order valence-electron chi connectivity index (χ3n) is 3.09. The topological polar surface area (TPSA) is 87.3 Å². The van der Waals surface area contributed by atoms with Crippen LogP contribution in [0.2, 0.25) is 5.02 Å². The zero-order valence-corrected chi connectivity index (χ0v) is 13.9. The molecule has 0 saturated heterocycles. The number of hydrogen-bond donors (Lipinski definition) is 3. The van der Waals surface area contributed by atoms with Gasteiger partial charge in [-0.15, -0.1) is 0 Å². The van der Waals surface area contributed by atoms with Gasteiger partial charge in [-0.3, -0.25) is 14.4 Å². The molecule has 124 valence electrons. The lowest BCUT2D eigenvalue weighted by atomic mass is 10.2. The van der Waals surface area contributed by atoms with Crippen LogP contribution < -0.4 is 16.0 Å². The van der Waals surface area contributed by atoms with Gasteiger partial charge >= 0.3 is 11.8 Å². The Labute approximate surface area is 144 Å². The summed E-state index contributed by atoms with van der Waals surface area (Å²) in [5.41, 5.74) is 2.17. The van der Waals surface area contributed by atoms with Gasteiger partial charge in [0.1, 0.15) is 0 Å². The third kappa shape index (κ3) is 4.82. The highest BCUT2D eigenvalue weighted by Crippen LogP contribution is 2.20. The van der Waals surface area contributed by atoms with E-state index in [9.17, 15) is 14.4 Å². The Morgan fingerprint density at radius 1 is 0.875 bits per heavy atom. The number of anilines is 3. The Morgan fingerprint density at radius 3 is 2.17 bits per heavy atom. The lowest BCUT2D eigenvalue weighted by Crippen LogP contribution is -2.29. The number of amides is 3. The molecule has 6 nitrogen and oxygen atoms in total. The Morgan fingerprint density at radius 2 is 1.50 bits per heavy atom. The van der Waals surface area contributed by atoms with Crippen molar-refractivity contribution in [2.45, 2.75) is 13.8 Å². The molecule has 0 aliphatic rings. The van der Waals surface area contributed by atoms with Crippen molar-refractivity contribution in [2.24, 2.45) is 0 Å². The zero-order chi connectivity index (χ0) is 17.7. The summed E-state index contributed by atoms with van der Waals surface area (Å²) in [5, 5.41) is 8.04. The van der Waals surface area contributed by atoms with Crippen LogP contribution in [0.5, 0.6) is 0 Å². The first-order chi connectivity index (χ1) is 11.3. The number of halogens is 1. The molecule has 0 atom stereocenters. The van der Waals surface area contributed by atoms with E-state index < -0.39 is 11.8 Å². The molecule has 0 spiro atoms. The molecule has 0 heterocycles. The molecule has 2 aromatic carbocycles. The van der Waals surface area contributed by atoms with Gasteiger partial charge < -0.3 is 16.0 Å². The molecular weight excluding hydrogens is 330 g/mol. The lowest BCUT2D eigenvalue weighted by molar-refractivity contribution is -0.133. The van der Waals surface area contributed by atoms with Crippen molar-refractivity contribution in [3.05, 3.63) is 53.1 Å². The van der Waals surface area contributed by atoms with Crippen molar-refractivity contribution in [1.29, 1.82) is 0 Å². The smallest absolute Gasteiger partial charge is 0.314 e. The fraction of sp³-hybridized carbons (Fsp3) is 0.118. The minimum atomic E-state index is -0.825. The van der Waals surface area contributed by atoms with E-state index in [1.54, 1.807) is 49.4 Å². The minimum absolute atomic E-state index is 0.229. The Bertz CT molecular complexity index is 805. The van der Waals surface area contributed by atoms with E-state index in [1.807, 2.05) is 0 Å². The van der Waals surface area contributed by atoms with E-state index in [4.69, 9.17) is 11.6 Å². The Hall–Kier alpha value is -2.86. The second-order valence-corrected chi connectivity index (χ2v) is 5.57. The van der Waals surface area contributed by atoms with Crippen LogP contribution >= 0.6 is 11.6 Å². The summed E-state index contributed by atoms with van der Waals surface area (Å²) < 4.78 is 0. The van der Waals surface area contributed by atoms with Crippen LogP contribution in [0.25, 0.3) is 0 Å². The van der Waals surface area contributed by atoms with Crippen molar-refractivity contribution in [1.82, 2.24) is 0 Å². The molecule has 0 saturated carbocycles. The number of benzene rings is 2. The van der Waals surface area contributed by atoms with Gasteiger partial charge in [0.05, 0.1) is 0 Å². The van der Waals surface area contributed by atoms with E-state index in [1.165, 1.54) is 6.92 Å². The molecule has 24 heavy (non-hydrogen) atoms. The summed E-state index contributed by atoms with van der Waals surface area (Å²) in [4.78, 5) is 35.1. The Balaban J connectivity index is 2.05. The van der Waals surface area contributed by atoms with Gasteiger partial charge in [-0.25, -0.2) is 0 Å². The molecule has 0 bridgehead atoms. The predicted molar refractivity (Wildman–Crippen MR) is 94.2 cm³/mol. The normalized spacial score (nSPS) is 9.96. The molecular formula is C17H16ClN3O3.